The number of rotatable bonds is 11. The van der Waals surface area contributed by atoms with Crippen molar-refractivity contribution in [2.75, 3.05) is 32.8 Å². The Balaban J connectivity index is 2.12. The molecular formula is C18H26N4O7. The topological polar surface area (TPSA) is 163 Å². The summed E-state index contributed by atoms with van der Waals surface area (Å²) in [5.41, 5.74) is 0. The third-order valence-corrected chi connectivity index (χ3v) is 3.72. The number of hydrogen-bond acceptors (Lipinski definition) is 6. The van der Waals surface area contributed by atoms with Crippen LogP contribution >= 0.6 is 0 Å². The average Bonchev–Trinajstić information content (AvgIpc) is 2.66. The molecule has 4 amide bonds. The summed E-state index contributed by atoms with van der Waals surface area (Å²) < 4.78 is 5.44. The number of carbonyl (C=O) groups is 5. The van der Waals surface area contributed by atoms with Gasteiger partial charge in [0.1, 0.15) is 19.3 Å². The first-order valence-electron chi connectivity index (χ1n) is 9.25. The van der Waals surface area contributed by atoms with Crippen LogP contribution in [-0.2, 0) is 28.7 Å². The molecule has 0 heterocycles. The Kier molecular flexibility index (Phi) is 11.5. The smallest absolute Gasteiger partial charge is 0.322 e. The van der Waals surface area contributed by atoms with Crippen molar-refractivity contribution in [2.45, 2.75) is 38.2 Å². The van der Waals surface area contributed by atoms with Crippen LogP contribution in [0.15, 0.2) is 0 Å². The van der Waals surface area contributed by atoms with Gasteiger partial charge in [0.2, 0.25) is 23.6 Å². The fraction of sp³-hybridized carbons (Fsp3) is 0.611. The Bertz CT molecular complexity index is 669. The molecule has 0 aromatic carbocycles. The van der Waals surface area contributed by atoms with Crippen LogP contribution in [0.25, 0.3) is 0 Å². The van der Waals surface area contributed by atoms with Crippen LogP contribution in [0.2, 0.25) is 0 Å². The van der Waals surface area contributed by atoms with Crippen LogP contribution in [-0.4, -0.2) is 73.6 Å². The number of nitrogens with one attached hydrogen (secondary N) is 4. The van der Waals surface area contributed by atoms with E-state index in [0.29, 0.717) is 0 Å². The molecule has 1 aliphatic carbocycles. The first-order valence-corrected chi connectivity index (χ1v) is 9.25. The van der Waals surface area contributed by atoms with Crippen molar-refractivity contribution in [1.82, 2.24) is 21.3 Å². The molecular weight excluding hydrogens is 384 g/mol. The second kappa shape index (κ2) is 14.0. The van der Waals surface area contributed by atoms with Crippen molar-refractivity contribution in [3.8, 4) is 11.8 Å². The first-order chi connectivity index (χ1) is 13.9. The van der Waals surface area contributed by atoms with E-state index in [4.69, 9.17) is 9.84 Å². The van der Waals surface area contributed by atoms with E-state index in [-0.39, 0.29) is 19.3 Å². The van der Waals surface area contributed by atoms with Crippen molar-refractivity contribution >= 4 is 29.6 Å². The molecule has 0 fully saturated rings. The van der Waals surface area contributed by atoms with Gasteiger partial charge in [0.15, 0.2) is 0 Å². The molecule has 0 aromatic rings. The highest BCUT2D eigenvalue weighted by molar-refractivity contribution is 5.90. The predicted molar refractivity (Wildman–Crippen MR) is 100 cm³/mol. The Morgan fingerprint density at radius 1 is 0.793 bits per heavy atom. The van der Waals surface area contributed by atoms with E-state index in [1.54, 1.807) is 0 Å². The summed E-state index contributed by atoms with van der Waals surface area (Å²) in [6, 6.07) is 0. The molecule has 0 saturated carbocycles. The third-order valence-electron chi connectivity index (χ3n) is 3.72. The second-order valence-electron chi connectivity index (χ2n) is 6.22. The number of hydrogen-bond donors (Lipinski definition) is 5. The Labute approximate surface area is 168 Å². The zero-order valence-corrected chi connectivity index (χ0v) is 16.0. The van der Waals surface area contributed by atoms with E-state index in [1.807, 2.05) is 0 Å². The standard InChI is InChI=1S/C18H26N4O7/c23-14(20-9-16(25)22-11-18(27)28)8-19-15(24)10-21-17(26)12-29-13-6-4-2-1-3-5-7-13/h13H,1-4,6,8-12H2,(H,19,24)(H,20,23)(H,21,26)(H,22,25)(H,27,28). The molecule has 0 aromatic heterocycles. The molecule has 11 heteroatoms. The normalized spacial score (nSPS) is 15.5. The summed E-state index contributed by atoms with van der Waals surface area (Å²) >= 11 is 0. The number of ether oxygens (including phenoxy) is 1. The Hall–Kier alpha value is -3.13. The lowest BCUT2D eigenvalue weighted by molar-refractivity contribution is -0.137. The maximum atomic E-state index is 11.7. The molecule has 11 nitrogen and oxygen atoms in total. The SMILES string of the molecule is O=C(O)CNC(=O)CNC(=O)CNC(=O)CNC(=O)COC1C#CCCCCC1. The number of aliphatic carboxylic acids is 1. The van der Waals surface area contributed by atoms with Gasteiger partial charge >= 0.3 is 5.97 Å². The van der Waals surface area contributed by atoms with E-state index in [9.17, 15) is 24.0 Å². The van der Waals surface area contributed by atoms with E-state index in [1.165, 1.54) is 0 Å². The lowest BCUT2D eigenvalue weighted by Crippen LogP contribution is -2.45. The van der Waals surface area contributed by atoms with Gasteiger partial charge in [-0.05, 0) is 19.3 Å². The van der Waals surface area contributed by atoms with Crippen LogP contribution in [0.5, 0.6) is 0 Å². The quantitative estimate of drug-likeness (QED) is 0.243. The van der Waals surface area contributed by atoms with E-state index in [0.717, 1.165) is 32.1 Å². The van der Waals surface area contributed by atoms with Gasteiger partial charge in [0.05, 0.1) is 19.6 Å². The lowest BCUT2D eigenvalue weighted by Gasteiger charge is -2.13. The maximum Gasteiger partial charge on any atom is 0.322 e. The average molecular weight is 410 g/mol. The van der Waals surface area contributed by atoms with E-state index < -0.39 is 49.2 Å². The molecule has 5 N–H and O–H groups in total. The lowest BCUT2D eigenvalue weighted by atomic mass is 10.1. The van der Waals surface area contributed by atoms with Gasteiger partial charge in [-0.3, -0.25) is 24.0 Å². The van der Waals surface area contributed by atoms with Crippen molar-refractivity contribution in [3.05, 3.63) is 0 Å². The maximum absolute atomic E-state index is 11.7. The van der Waals surface area contributed by atoms with Gasteiger partial charge in [0, 0.05) is 6.42 Å². The number of amides is 4. The second-order valence-corrected chi connectivity index (χ2v) is 6.22. The van der Waals surface area contributed by atoms with E-state index >= 15 is 0 Å². The highest BCUT2D eigenvalue weighted by Gasteiger charge is 2.12. The number of carboxylic acid groups (broad SMARTS) is 1. The van der Waals surface area contributed by atoms with Gasteiger partial charge in [-0.1, -0.05) is 12.3 Å². The zero-order chi connectivity index (χ0) is 21.5. The Morgan fingerprint density at radius 2 is 1.34 bits per heavy atom. The molecule has 1 rings (SSSR count). The van der Waals surface area contributed by atoms with Gasteiger partial charge in [-0.25, -0.2) is 0 Å². The third kappa shape index (κ3) is 12.8. The molecule has 0 bridgehead atoms. The van der Waals surface area contributed by atoms with Crippen molar-refractivity contribution < 1.29 is 33.8 Å². The summed E-state index contributed by atoms with van der Waals surface area (Å²) in [4.78, 5) is 56.4. The predicted octanol–water partition coefficient (Wildman–Crippen LogP) is -2.11. The fourth-order valence-electron chi connectivity index (χ4n) is 2.23. The monoisotopic (exact) mass is 410 g/mol. The van der Waals surface area contributed by atoms with Crippen LogP contribution in [0.1, 0.15) is 32.1 Å². The molecule has 1 unspecified atom stereocenters. The van der Waals surface area contributed by atoms with Crippen molar-refractivity contribution in [2.24, 2.45) is 0 Å². The molecule has 0 aliphatic heterocycles. The van der Waals surface area contributed by atoms with Gasteiger partial charge in [-0.2, -0.15) is 0 Å². The largest absolute Gasteiger partial charge is 0.480 e. The summed E-state index contributed by atoms with van der Waals surface area (Å²) in [7, 11) is 0. The molecule has 1 aliphatic rings. The zero-order valence-electron chi connectivity index (χ0n) is 16.0. The van der Waals surface area contributed by atoms with Crippen molar-refractivity contribution in [1.29, 1.82) is 0 Å². The highest BCUT2D eigenvalue weighted by Crippen LogP contribution is 2.10. The van der Waals surface area contributed by atoms with Crippen LogP contribution < -0.4 is 21.3 Å². The van der Waals surface area contributed by atoms with Gasteiger partial charge in [0.25, 0.3) is 0 Å². The van der Waals surface area contributed by atoms with Crippen LogP contribution in [0.3, 0.4) is 0 Å². The number of carboxylic acids is 1. The summed E-state index contributed by atoms with van der Waals surface area (Å²) in [5, 5.41) is 17.3. The summed E-state index contributed by atoms with van der Waals surface area (Å²) in [6.45, 7) is -1.90. The van der Waals surface area contributed by atoms with E-state index in [2.05, 4.69) is 33.1 Å². The molecule has 0 saturated heterocycles. The van der Waals surface area contributed by atoms with Gasteiger partial charge in [-0.15, -0.1) is 5.92 Å². The minimum atomic E-state index is -1.21. The Morgan fingerprint density at radius 3 is 1.93 bits per heavy atom. The summed E-state index contributed by atoms with van der Waals surface area (Å²) in [5.74, 6) is 2.41. The molecule has 160 valence electrons. The fourth-order valence-corrected chi connectivity index (χ4v) is 2.23. The van der Waals surface area contributed by atoms with Crippen molar-refractivity contribution in [3.63, 3.8) is 0 Å². The first kappa shape index (κ1) is 23.9. The van der Waals surface area contributed by atoms with Crippen LogP contribution in [0.4, 0.5) is 0 Å². The minimum Gasteiger partial charge on any atom is -0.480 e. The molecule has 1 atom stereocenters. The molecule has 0 radical (unpaired) electrons. The minimum absolute atomic E-state index is 0.210. The van der Waals surface area contributed by atoms with Crippen LogP contribution in [0, 0.1) is 11.8 Å². The van der Waals surface area contributed by atoms with Gasteiger partial charge < -0.3 is 31.1 Å². The molecule has 29 heavy (non-hydrogen) atoms. The summed E-state index contributed by atoms with van der Waals surface area (Å²) in [6.07, 6.45) is 4.46. The molecule has 0 spiro atoms. The number of carbonyl (C=O) groups excluding carboxylic acids is 4. The highest BCUT2D eigenvalue weighted by atomic mass is 16.5.